The van der Waals surface area contributed by atoms with Gasteiger partial charge in [0.25, 0.3) is 0 Å². The van der Waals surface area contributed by atoms with Gasteiger partial charge in [-0.2, -0.15) is 0 Å². The molecule has 1 aromatic carbocycles. The molecule has 1 aliphatic heterocycles. The first-order chi connectivity index (χ1) is 12.9. The van der Waals surface area contributed by atoms with Crippen LogP contribution in [0, 0.1) is 5.82 Å². The molecular weight excluding hydrogens is 389 g/mol. The van der Waals surface area contributed by atoms with E-state index in [0.717, 1.165) is 13.2 Å². The van der Waals surface area contributed by atoms with Crippen molar-refractivity contribution in [1.29, 1.82) is 0 Å². The largest absolute Gasteiger partial charge is 0.480 e. The van der Waals surface area contributed by atoms with Crippen LogP contribution in [0.1, 0.15) is 19.0 Å². The van der Waals surface area contributed by atoms with Crippen LogP contribution in [0.15, 0.2) is 30.5 Å². The molecule has 10 heteroatoms. The Morgan fingerprint density at radius 2 is 2.04 bits per heavy atom. The van der Waals surface area contributed by atoms with Gasteiger partial charge in [-0.15, -0.1) is 0 Å². The van der Waals surface area contributed by atoms with E-state index in [-0.39, 0.29) is 19.5 Å². The monoisotopic (exact) mass is 409 g/mol. The maximum Gasteiger partial charge on any atom is 0.328 e. The summed E-state index contributed by atoms with van der Waals surface area (Å²) >= 11 is 0. The average Bonchev–Trinajstić information content (AvgIpc) is 3.11. The Bertz CT molecular complexity index is 1080. The highest BCUT2D eigenvalue weighted by Crippen LogP contribution is 2.30. The summed E-state index contributed by atoms with van der Waals surface area (Å²) in [6.45, 7) is 1.27. The summed E-state index contributed by atoms with van der Waals surface area (Å²) in [6, 6.07) is 5.54. The molecule has 2 aromatic rings. The lowest BCUT2D eigenvalue weighted by atomic mass is 10.1. The van der Waals surface area contributed by atoms with Crippen molar-refractivity contribution in [1.82, 2.24) is 9.47 Å². The Morgan fingerprint density at radius 1 is 1.36 bits per heavy atom. The van der Waals surface area contributed by atoms with Crippen LogP contribution in [0.3, 0.4) is 0 Å². The number of nitrogens with zero attached hydrogens (tertiary/aromatic N) is 2. The molecule has 8 nitrogen and oxygen atoms in total. The fraction of sp³-hybridized carbons (Fsp3) is 0.333. The third-order valence-electron chi connectivity index (χ3n) is 5.16. The fourth-order valence-electron chi connectivity index (χ4n) is 3.11. The Morgan fingerprint density at radius 3 is 2.57 bits per heavy atom. The molecule has 0 bridgehead atoms. The average molecular weight is 409 g/mol. The van der Waals surface area contributed by atoms with Crippen molar-refractivity contribution in [2.75, 3.05) is 18.5 Å². The highest BCUT2D eigenvalue weighted by Gasteiger charge is 2.44. The topological polar surface area (TPSA) is 123 Å². The van der Waals surface area contributed by atoms with E-state index >= 15 is 0 Å². The van der Waals surface area contributed by atoms with Crippen LogP contribution < -0.4 is 5.73 Å². The lowest BCUT2D eigenvalue weighted by Crippen LogP contribution is -2.45. The standard InChI is InChI=1S/C18H20FN3O5S/c1-18(16(23)24,28(2,26)27)5-6-21-10-13-7-11(9-22(13)17(21)25)14-4-3-12(20)8-15(14)19/h3-4,7-9H,5-6,10,20H2,1-2H3,(H,23,24). The van der Waals surface area contributed by atoms with Gasteiger partial charge in [0.05, 0.1) is 6.54 Å². The van der Waals surface area contributed by atoms with Gasteiger partial charge in [0.2, 0.25) is 0 Å². The van der Waals surface area contributed by atoms with Crippen molar-refractivity contribution < 1.29 is 27.5 Å². The minimum atomic E-state index is -3.87. The van der Waals surface area contributed by atoms with Crippen molar-refractivity contribution in [3.8, 4) is 11.1 Å². The SMILES string of the molecule is CC(CCN1Cc2cc(-c3ccc(N)cc3F)cn2C1=O)(C(=O)O)S(C)(=O)=O. The van der Waals surface area contributed by atoms with Gasteiger partial charge in [-0.25, -0.2) is 17.6 Å². The maximum absolute atomic E-state index is 14.1. The van der Waals surface area contributed by atoms with Gasteiger partial charge in [0.1, 0.15) is 5.82 Å². The number of nitrogen functional groups attached to an aromatic ring is 1. The minimum Gasteiger partial charge on any atom is -0.480 e. The first kappa shape index (κ1) is 19.9. The molecule has 28 heavy (non-hydrogen) atoms. The van der Waals surface area contributed by atoms with E-state index in [2.05, 4.69) is 0 Å². The Hall–Kier alpha value is -2.88. The van der Waals surface area contributed by atoms with E-state index in [9.17, 15) is 27.5 Å². The summed E-state index contributed by atoms with van der Waals surface area (Å²) in [4.78, 5) is 25.4. The summed E-state index contributed by atoms with van der Waals surface area (Å²) in [5.74, 6) is -1.96. The molecule has 1 amide bonds. The van der Waals surface area contributed by atoms with Gasteiger partial charge in [0.15, 0.2) is 14.6 Å². The van der Waals surface area contributed by atoms with Crippen molar-refractivity contribution in [2.24, 2.45) is 0 Å². The Balaban J connectivity index is 1.79. The fourth-order valence-corrected chi connectivity index (χ4v) is 3.89. The number of amides is 1. The predicted octanol–water partition coefficient (Wildman–Crippen LogP) is 1.94. The van der Waals surface area contributed by atoms with Crippen LogP contribution in [-0.4, -0.2) is 52.5 Å². The zero-order chi connectivity index (χ0) is 20.9. The number of hydrogen-bond donors (Lipinski definition) is 2. The van der Waals surface area contributed by atoms with E-state index in [1.807, 2.05) is 0 Å². The number of aliphatic carboxylic acids is 1. The van der Waals surface area contributed by atoms with Crippen LogP contribution in [0.5, 0.6) is 0 Å². The number of benzene rings is 1. The van der Waals surface area contributed by atoms with Gasteiger partial charge < -0.3 is 15.7 Å². The number of rotatable bonds is 6. The molecule has 150 valence electrons. The van der Waals surface area contributed by atoms with Crippen LogP contribution in [0.2, 0.25) is 0 Å². The third-order valence-corrected chi connectivity index (χ3v) is 7.18. The number of carbonyl (C=O) groups is 2. The lowest BCUT2D eigenvalue weighted by molar-refractivity contribution is -0.139. The number of fused-ring (bicyclic) bond motifs is 1. The number of hydrogen-bond acceptors (Lipinski definition) is 5. The number of halogens is 1. The number of nitrogens with two attached hydrogens (primary N) is 1. The third kappa shape index (κ3) is 3.24. The quantitative estimate of drug-likeness (QED) is 0.703. The Labute approximate surface area is 161 Å². The molecule has 1 aliphatic rings. The first-order valence-electron chi connectivity index (χ1n) is 8.43. The molecule has 0 saturated carbocycles. The molecule has 3 rings (SSSR count). The van der Waals surface area contributed by atoms with Crippen LogP contribution in [0.4, 0.5) is 14.9 Å². The number of carboxylic acids is 1. The van der Waals surface area contributed by atoms with E-state index < -0.39 is 32.4 Å². The summed E-state index contributed by atoms with van der Waals surface area (Å²) in [7, 11) is -3.87. The van der Waals surface area contributed by atoms with Gasteiger partial charge in [-0.3, -0.25) is 9.36 Å². The van der Waals surface area contributed by atoms with E-state index in [1.165, 1.54) is 27.8 Å². The second-order valence-corrected chi connectivity index (χ2v) is 9.54. The number of sulfone groups is 1. The molecule has 1 unspecified atom stereocenters. The zero-order valence-corrected chi connectivity index (χ0v) is 16.2. The molecule has 0 fully saturated rings. The molecule has 3 N–H and O–H groups in total. The second-order valence-electron chi connectivity index (χ2n) is 7.09. The van der Waals surface area contributed by atoms with Gasteiger partial charge in [-0.1, -0.05) is 0 Å². The first-order valence-corrected chi connectivity index (χ1v) is 10.3. The maximum atomic E-state index is 14.1. The van der Waals surface area contributed by atoms with Crippen LogP contribution in [0.25, 0.3) is 11.1 Å². The molecule has 1 atom stereocenters. The Kier molecular flexibility index (Phi) is 4.70. The van der Waals surface area contributed by atoms with Crippen molar-refractivity contribution >= 4 is 27.5 Å². The molecule has 1 aromatic heterocycles. The smallest absolute Gasteiger partial charge is 0.328 e. The highest BCUT2D eigenvalue weighted by molar-refractivity contribution is 7.92. The number of carbonyl (C=O) groups excluding carboxylic acids is 1. The predicted molar refractivity (Wildman–Crippen MR) is 101 cm³/mol. The van der Waals surface area contributed by atoms with Gasteiger partial charge >= 0.3 is 12.0 Å². The minimum absolute atomic E-state index is 0.0397. The van der Waals surface area contributed by atoms with E-state index in [4.69, 9.17) is 5.73 Å². The number of anilines is 1. The second kappa shape index (κ2) is 6.62. The van der Waals surface area contributed by atoms with Crippen LogP contribution >= 0.6 is 0 Å². The summed E-state index contributed by atoms with van der Waals surface area (Å²) in [6.07, 6.45) is 2.13. The normalized spacial score (nSPS) is 16.1. The highest BCUT2D eigenvalue weighted by atomic mass is 32.2. The summed E-state index contributed by atoms with van der Waals surface area (Å²) < 4.78 is 37.2. The van der Waals surface area contributed by atoms with Crippen molar-refractivity contribution in [3.63, 3.8) is 0 Å². The van der Waals surface area contributed by atoms with Gasteiger partial charge in [-0.05, 0) is 37.6 Å². The lowest BCUT2D eigenvalue weighted by Gasteiger charge is -2.25. The number of aromatic nitrogens is 1. The molecule has 0 aliphatic carbocycles. The summed E-state index contributed by atoms with van der Waals surface area (Å²) in [5, 5.41) is 9.32. The van der Waals surface area contributed by atoms with Crippen molar-refractivity contribution in [3.05, 3.63) is 42.0 Å². The number of carboxylic acid groups (broad SMARTS) is 1. The van der Waals surface area contributed by atoms with Crippen molar-refractivity contribution in [2.45, 2.75) is 24.6 Å². The summed E-state index contributed by atoms with van der Waals surface area (Å²) in [5.41, 5.74) is 7.28. The molecule has 0 spiro atoms. The van der Waals surface area contributed by atoms with Crippen LogP contribution in [-0.2, 0) is 21.2 Å². The molecule has 0 saturated heterocycles. The molecule has 0 radical (unpaired) electrons. The van der Waals surface area contributed by atoms with Gasteiger partial charge in [0, 0.05) is 41.5 Å². The molecular formula is C18H20FN3O5S. The van der Waals surface area contributed by atoms with E-state index in [1.54, 1.807) is 12.1 Å². The zero-order valence-electron chi connectivity index (χ0n) is 15.3. The van der Waals surface area contributed by atoms with E-state index in [0.29, 0.717) is 22.5 Å². The molecule has 2 heterocycles.